The summed E-state index contributed by atoms with van der Waals surface area (Å²) in [7, 11) is 0. The fourth-order valence-corrected chi connectivity index (χ4v) is 4.71. The Hall–Kier alpha value is -3.67. The molecule has 6 nitrogen and oxygen atoms in total. The van der Waals surface area contributed by atoms with Crippen LogP contribution in [0.25, 0.3) is 10.9 Å². The highest BCUT2D eigenvalue weighted by atomic mass is 16.2. The van der Waals surface area contributed by atoms with Crippen LogP contribution in [0.5, 0.6) is 0 Å². The lowest BCUT2D eigenvalue weighted by Crippen LogP contribution is -2.38. The van der Waals surface area contributed by atoms with Crippen molar-refractivity contribution in [2.24, 2.45) is 0 Å². The van der Waals surface area contributed by atoms with Gasteiger partial charge in [0.15, 0.2) is 0 Å². The molecule has 168 valence electrons. The Morgan fingerprint density at radius 1 is 1.03 bits per heavy atom. The average molecular weight is 440 g/mol. The zero-order valence-electron chi connectivity index (χ0n) is 19.1. The number of nitrogens with one attached hydrogen (secondary N) is 2. The zero-order chi connectivity index (χ0) is 22.8. The van der Waals surface area contributed by atoms with Gasteiger partial charge in [-0.15, -0.1) is 0 Å². The van der Waals surface area contributed by atoms with E-state index in [9.17, 15) is 4.79 Å². The first-order valence-corrected chi connectivity index (χ1v) is 11.6. The van der Waals surface area contributed by atoms with E-state index in [1.807, 2.05) is 67.4 Å². The van der Waals surface area contributed by atoms with Crippen LogP contribution >= 0.6 is 0 Å². The molecule has 1 fully saturated rings. The van der Waals surface area contributed by atoms with Crippen LogP contribution < -0.4 is 5.32 Å². The first-order chi connectivity index (χ1) is 16.0. The van der Waals surface area contributed by atoms with E-state index in [0.717, 1.165) is 71.0 Å². The summed E-state index contributed by atoms with van der Waals surface area (Å²) in [5, 5.41) is 4.55. The Balaban J connectivity index is 1.23. The number of anilines is 2. The van der Waals surface area contributed by atoms with Crippen molar-refractivity contribution < 1.29 is 4.79 Å². The van der Waals surface area contributed by atoms with Crippen molar-refractivity contribution in [2.45, 2.75) is 39.0 Å². The summed E-state index contributed by atoms with van der Waals surface area (Å²) in [5.74, 6) is 1.39. The summed E-state index contributed by atoms with van der Waals surface area (Å²) in [4.78, 5) is 27.6. The minimum Gasteiger partial charge on any atom is -0.361 e. The van der Waals surface area contributed by atoms with E-state index in [1.165, 1.54) is 0 Å². The highest BCUT2D eigenvalue weighted by Gasteiger charge is 2.25. The summed E-state index contributed by atoms with van der Waals surface area (Å²) < 4.78 is 0. The predicted octanol–water partition coefficient (Wildman–Crippen LogP) is 5.27. The summed E-state index contributed by atoms with van der Waals surface area (Å²) in [5.41, 5.74) is 6.21. The number of pyridine rings is 2. The lowest BCUT2D eigenvalue weighted by molar-refractivity contribution is -0.131. The van der Waals surface area contributed by atoms with Gasteiger partial charge in [0.05, 0.1) is 6.42 Å². The second-order valence-electron chi connectivity index (χ2n) is 8.90. The predicted molar refractivity (Wildman–Crippen MR) is 132 cm³/mol. The normalized spacial score (nSPS) is 14.5. The van der Waals surface area contributed by atoms with Gasteiger partial charge in [-0.05, 0) is 62.6 Å². The van der Waals surface area contributed by atoms with Crippen LogP contribution in [0.15, 0.2) is 60.8 Å². The number of benzene rings is 1. The molecule has 1 aromatic carbocycles. The second-order valence-corrected chi connectivity index (χ2v) is 8.90. The van der Waals surface area contributed by atoms with Gasteiger partial charge >= 0.3 is 0 Å². The van der Waals surface area contributed by atoms with Crippen molar-refractivity contribution in [1.29, 1.82) is 0 Å². The Labute approximate surface area is 194 Å². The molecule has 0 spiro atoms. The number of H-pyrrole nitrogens is 1. The number of hydrogen-bond acceptors (Lipinski definition) is 4. The summed E-state index contributed by atoms with van der Waals surface area (Å²) in [6.45, 7) is 5.55. The molecule has 1 aliphatic heterocycles. The maximum Gasteiger partial charge on any atom is 0.227 e. The van der Waals surface area contributed by atoms with Crippen LogP contribution in [-0.4, -0.2) is 38.8 Å². The maximum atomic E-state index is 13.0. The van der Waals surface area contributed by atoms with Gasteiger partial charge in [-0.3, -0.25) is 9.78 Å². The van der Waals surface area contributed by atoms with Gasteiger partial charge in [-0.1, -0.05) is 24.3 Å². The molecule has 3 aromatic heterocycles. The summed E-state index contributed by atoms with van der Waals surface area (Å²) in [6, 6.07) is 18.3. The number of fused-ring (bicyclic) bond motifs is 1. The molecule has 0 aliphatic carbocycles. The third-order valence-electron chi connectivity index (χ3n) is 6.42. The SMILES string of the molecule is Cc1cccc(Nc2cc(C)nc(C3CCN(C(=O)Cc4c[nH]c5ccccc45)CC3)c2)n1. The van der Waals surface area contributed by atoms with Crippen LogP contribution in [0.2, 0.25) is 0 Å². The topological polar surface area (TPSA) is 73.9 Å². The molecule has 4 heterocycles. The number of aromatic amines is 1. The third-order valence-corrected chi connectivity index (χ3v) is 6.42. The van der Waals surface area contributed by atoms with Gasteiger partial charge in [0.25, 0.3) is 0 Å². The quantitative estimate of drug-likeness (QED) is 0.444. The highest BCUT2D eigenvalue weighted by molar-refractivity contribution is 5.88. The molecular formula is C27H29N5O. The number of nitrogens with zero attached hydrogens (tertiary/aromatic N) is 3. The minimum absolute atomic E-state index is 0.197. The molecule has 0 unspecified atom stereocenters. The highest BCUT2D eigenvalue weighted by Crippen LogP contribution is 2.30. The van der Waals surface area contributed by atoms with Crippen molar-refractivity contribution in [3.8, 4) is 0 Å². The molecule has 1 saturated heterocycles. The number of rotatable bonds is 5. The van der Waals surface area contributed by atoms with E-state index in [2.05, 4.69) is 27.4 Å². The van der Waals surface area contributed by atoms with Crippen molar-refractivity contribution in [2.75, 3.05) is 18.4 Å². The Kier molecular flexibility index (Phi) is 5.82. The molecule has 33 heavy (non-hydrogen) atoms. The number of hydrogen-bond donors (Lipinski definition) is 2. The molecule has 0 bridgehead atoms. The van der Waals surface area contributed by atoms with Crippen molar-refractivity contribution in [3.05, 3.63) is 83.4 Å². The minimum atomic E-state index is 0.197. The number of likely N-dealkylation sites (tertiary alicyclic amines) is 1. The van der Waals surface area contributed by atoms with E-state index >= 15 is 0 Å². The standard InChI is InChI=1S/C27H29N5O/c1-18-6-5-9-26(30-18)31-22-14-19(2)29-25(16-22)20-10-12-32(13-11-20)27(33)15-21-17-28-24-8-4-3-7-23(21)24/h3-9,14,16-17,20,28H,10-13,15H2,1-2H3,(H,29,30,31). The van der Waals surface area contributed by atoms with Crippen molar-refractivity contribution in [1.82, 2.24) is 19.9 Å². The van der Waals surface area contributed by atoms with Gasteiger partial charge in [0.1, 0.15) is 5.82 Å². The van der Waals surface area contributed by atoms with Crippen LogP contribution in [0.3, 0.4) is 0 Å². The molecule has 0 saturated carbocycles. The van der Waals surface area contributed by atoms with Gasteiger partial charge in [0.2, 0.25) is 5.91 Å². The molecule has 2 N–H and O–H groups in total. The first-order valence-electron chi connectivity index (χ1n) is 11.6. The Morgan fingerprint density at radius 3 is 2.67 bits per heavy atom. The first kappa shape index (κ1) is 21.2. The number of carbonyl (C=O) groups excluding carboxylic acids is 1. The van der Waals surface area contributed by atoms with Gasteiger partial charge in [-0.2, -0.15) is 0 Å². The second kappa shape index (κ2) is 9.06. The monoisotopic (exact) mass is 439 g/mol. The molecule has 0 atom stereocenters. The average Bonchev–Trinajstić information content (AvgIpc) is 3.21. The molecule has 4 aromatic rings. The smallest absolute Gasteiger partial charge is 0.227 e. The fraction of sp³-hybridized carbons (Fsp3) is 0.296. The number of aryl methyl sites for hydroxylation is 2. The van der Waals surface area contributed by atoms with Gasteiger partial charge in [-0.25, -0.2) is 4.98 Å². The van der Waals surface area contributed by atoms with E-state index in [1.54, 1.807) is 0 Å². The van der Waals surface area contributed by atoms with E-state index in [0.29, 0.717) is 12.3 Å². The van der Waals surface area contributed by atoms with Crippen LogP contribution in [0, 0.1) is 13.8 Å². The molecule has 6 heteroatoms. The fourth-order valence-electron chi connectivity index (χ4n) is 4.71. The number of amides is 1. The molecule has 1 amide bonds. The Morgan fingerprint density at radius 2 is 1.85 bits per heavy atom. The van der Waals surface area contributed by atoms with Gasteiger partial charge < -0.3 is 15.2 Å². The summed E-state index contributed by atoms with van der Waals surface area (Å²) >= 11 is 0. The van der Waals surface area contributed by atoms with E-state index < -0.39 is 0 Å². The van der Waals surface area contributed by atoms with Crippen LogP contribution in [-0.2, 0) is 11.2 Å². The number of carbonyl (C=O) groups is 1. The largest absolute Gasteiger partial charge is 0.361 e. The van der Waals surface area contributed by atoms with Crippen LogP contribution in [0.1, 0.15) is 41.4 Å². The molecular weight excluding hydrogens is 410 g/mol. The summed E-state index contributed by atoms with van der Waals surface area (Å²) in [6.07, 6.45) is 4.26. The van der Waals surface area contributed by atoms with E-state index in [-0.39, 0.29) is 5.91 Å². The van der Waals surface area contributed by atoms with Crippen molar-refractivity contribution in [3.63, 3.8) is 0 Å². The Bertz CT molecular complexity index is 1290. The lowest BCUT2D eigenvalue weighted by Gasteiger charge is -2.32. The van der Waals surface area contributed by atoms with E-state index in [4.69, 9.17) is 4.98 Å². The third kappa shape index (κ3) is 4.75. The van der Waals surface area contributed by atoms with Crippen LogP contribution in [0.4, 0.5) is 11.5 Å². The number of piperidine rings is 1. The molecule has 0 radical (unpaired) electrons. The van der Waals surface area contributed by atoms with Gasteiger partial charge in [0, 0.05) is 58.9 Å². The lowest BCUT2D eigenvalue weighted by atomic mass is 9.92. The number of para-hydroxylation sites is 1. The van der Waals surface area contributed by atoms with Crippen molar-refractivity contribution >= 4 is 28.3 Å². The maximum absolute atomic E-state index is 13.0. The molecule has 5 rings (SSSR count). The zero-order valence-corrected chi connectivity index (χ0v) is 19.1. The molecule has 1 aliphatic rings. The number of aromatic nitrogens is 3.